The summed E-state index contributed by atoms with van der Waals surface area (Å²) in [5.74, 6) is -0.297. The smallest absolute Gasteiger partial charge is 0.220 e. The van der Waals surface area contributed by atoms with E-state index in [0.717, 1.165) is 57.8 Å². The number of allylic oxidation sites excluding steroid dienone is 5. The molecule has 3 rings (SSSR count). The van der Waals surface area contributed by atoms with Crippen LogP contribution in [0.1, 0.15) is 168 Å². The molecule has 19 heteroatoms. The Kier molecular flexibility index (Phi) is 34.5. The molecule has 0 spiro atoms. The van der Waals surface area contributed by atoms with Gasteiger partial charge in [-0.2, -0.15) is 0 Å². The Morgan fingerprint density at radius 3 is 1.37 bits per heavy atom. The van der Waals surface area contributed by atoms with Crippen LogP contribution in [0.5, 0.6) is 0 Å². The van der Waals surface area contributed by atoms with Gasteiger partial charge in [-0.05, 0) is 57.8 Å². The summed E-state index contributed by atoms with van der Waals surface area (Å²) in [7, 11) is 0. The van der Waals surface area contributed by atoms with E-state index in [-0.39, 0.29) is 18.9 Å². The van der Waals surface area contributed by atoms with Gasteiger partial charge in [0.25, 0.3) is 0 Å². The van der Waals surface area contributed by atoms with Crippen LogP contribution < -0.4 is 5.32 Å². The van der Waals surface area contributed by atoms with Crippen LogP contribution in [0.25, 0.3) is 0 Å². The average Bonchev–Trinajstić information content (AvgIpc) is 3.39. The molecule has 3 fully saturated rings. The first kappa shape index (κ1) is 65.3. The summed E-state index contributed by atoms with van der Waals surface area (Å²) < 4.78 is 34.1. The molecule has 12 N–H and O–H groups in total. The number of amides is 1. The average molecular weight is 1050 g/mol. The highest BCUT2D eigenvalue weighted by molar-refractivity contribution is 5.76. The van der Waals surface area contributed by atoms with E-state index in [0.29, 0.717) is 12.8 Å². The minimum atomic E-state index is -1.98. The zero-order chi connectivity index (χ0) is 53.4. The summed E-state index contributed by atoms with van der Waals surface area (Å²) in [6.45, 7) is 1.64. The Hall–Kier alpha value is -1.99. The first-order valence-electron chi connectivity index (χ1n) is 27.7. The molecule has 3 aliphatic heterocycles. The molecule has 0 aliphatic carbocycles. The van der Waals surface area contributed by atoms with Gasteiger partial charge in [0, 0.05) is 6.42 Å². The van der Waals surface area contributed by atoms with E-state index >= 15 is 0 Å². The van der Waals surface area contributed by atoms with Gasteiger partial charge in [-0.15, -0.1) is 0 Å². The van der Waals surface area contributed by atoms with Gasteiger partial charge in [0.05, 0.1) is 38.6 Å². The molecule has 3 saturated heterocycles. The zero-order valence-corrected chi connectivity index (χ0v) is 43.9. The Bertz CT molecular complexity index is 1490. The van der Waals surface area contributed by atoms with Gasteiger partial charge < -0.3 is 89.9 Å². The number of carbonyl (C=O) groups excluding carboxylic acids is 1. The summed E-state index contributed by atoms with van der Waals surface area (Å²) in [6.07, 6.45) is 11.4. The van der Waals surface area contributed by atoms with Crippen molar-refractivity contribution in [2.24, 2.45) is 0 Å². The minimum Gasteiger partial charge on any atom is -0.394 e. The quantitative estimate of drug-likeness (QED) is 0.0310. The SMILES string of the molecule is CCCCCCCC/C=C/CC/C=C/C(O)C(COC1OC(CO)C(OC2OC(CO)C(OC3OC(CO)C(O)C(O)C3O)C(O)C2O)C(O)C1O)NC(=O)CCCCCCC/C=C\CCCCCCCCC. The molecule has 0 aromatic heterocycles. The number of nitrogens with one attached hydrogen (secondary N) is 1. The Morgan fingerprint density at radius 2 is 0.877 bits per heavy atom. The molecule has 17 unspecified atom stereocenters. The third kappa shape index (κ3) is 23.7. The summed E-state index contributed by atoms with van der Waals surface area (Å²) in [5, 5.41) is 120. The molecule has 426 valence electrons. The molecule has 1 amide bonds. The molecular formula is C54H97NO18. The third-order valence-corrected chi connectivity index (χ3v) is 13.9. The minimum absolute atomic E-state index is 0.225. The van der Waals surface area contributed by atoms with E-state index in [2.05, 4.69) is 43.5 Å². The van der Waals surface area contributed by atoms with Crippen molar-refractivity contribution in [1.29, 1.82) is 0 Å². The molecule has 19 nitrogen and oxygen atoms in total. The molecule has 0 saturated carbocycles. The summed E-state index contributed by atoms with van der Waals surface area (Å²) in [5.41, 5.74) is 0. The number of unbranched alkanes of at least 4 members (excludes halogenated alkanes) is 19. The highest BCUT2D eigenvalue weighted by Gasteiger charge is 2.53. The molecule has 0 bridgehead atoms. The monoisotopic (exact) mass is 1050 g/mol. The van der Waals surface area contributed by atoms with Crippen LogP contribution in [0.3, 0.4) is 0 Å². The van der Waals surface area contributed by atoms with Crippen molar-refractivity contribution in [3.63, 3.8) is 0 Å². The summed E-state index contributed by atoms with van der Waals surface area (Å²) in [6, 6.07) is -0.991. The number of aliphatic hydroxyl groups excluding tert-OH is 11. The maximum atomic E-state index is 13.2. The van der Waals surface area contributed by atoms with Gasteiger partial charge in [0.2, 0.25) is 5.91 Å². The van der Waals surface area contributed by atoms with Crippen LogP contribution in [0.15, 0.2) is 36.5 Å². The lowest BCUT2D eigenvalue weighted by atomic mass is 9.96. The standard InChI is InChI=1S/C54H97NO18/c1-3-5-7-9-11-13-15-17-18-19-20-22-24-26-28-30-32-42(60)55-37(38(59)31-29-27-25-23-21-16-14-12-10-8-6-4-2)36-68-52-48(66)45(63)50(40(34-57)70-52)73-54-49(67)46(64)51(41(35-58)71-54)72-53-47(65)44(62)43(61)39(33-56)69-53/h18-19,21,23,29,31,37-41,43-54,56-59,61-67H,3-17,20,22,24-28,30,32-36H2,1-2H3,(H,55,60)/b19-18-,23-21+,31-29+. The van der Waals surface area contributed by atoms with E-state index in [1.165, 1.54) is 77.0 Å². The second-order valence-electron chi connectivity index (χ2n) is 20.0. The van der Waals surface area contributed by atoms with E-state index in [1.807, 2.05) is 6.08 Å². The first-order chi connectivity index (χ1) is 35.3. The van der Waals surface area contributed by atoms with Crippen LogP contribution in [-0.4, -0.2) is 193 Å². The molecule has 3 heterocycles. The summed E-state index contributed by atoms with van der Waals surface area (Å²) in [4.78, 5) is 13.2. The fourth-order valence-electron chi connectivity index (χ4n) is 9.26. The highest BCUT2D eigenvalue weighted by Crippen LogP contribution is 2.33. The molecule has 0 radical (unpaired) electrons. The van der Waals surface area contributed by atoms with Gasteiger partial charge in [-0.1, -0.05) is 140 Å². The van der Waals surface area contributed by atoms with E-state index in [9.17, 15) is 61.0 Å². The van der Waals surface area contributed by atoms with Crippen molar-refractivity contribution in [1.82, 2.24) is 5.32 Å². The zero-order valence-electron chi connectivity index (χ0n) is 43.9. The van der Waals surface area contributed by atoms with Crippen molar-refractivity contribution in [2.45, 2.75) is 272 Å². The van der Waals surface area contributed by atoms with Crippen LogP contribution in [-0.2, 0) is 33.2 Å². The third-order valence-electron chi connectivity index (χ3n) is 13.9. The van der Waals surface area contributed by atoms with Gasteiger partial charge >= 0.3 is 0 Å². The molecular weight excluding hydrogens is 951 g/mol. The maximum Gasteiger partial charge on any atom is 0.220 e. The summed E-state index contributed by atoms with van der Waals surface area (Å²) >= 11 is 0. The van der Waals surface area contributed by atoms with Crippen molar-refractivity contribution in [2.75, 3.05) is 26.4 Å². The predicted octanol–water partition coefficient (Wildman–Crippen LogP) is 3.37. The lowest BCUT2D eigenvalue weighted by molar-refractivity contribution is -0.379. The van der Waals surface area contributed by atoms with Gasteiger partial charge in [-0.3, -0.25) is 4.79 Å². The second-order valence-corrected chi connectivity index (χ2v) is 20.0. The van der Waals surface area contributed by atoms with Crippen molar-refractivity contribution in [3.8, 4) is 0 Å². The first-order valence-corrected chi connectivity index (χ1v) is 27.7. The van der Waals surface area contributed by atoms with Crippen molar-refractivity contribution in [3.05, 3.63) is 36.5 Å². The number of hydrogen-bond donors (Lipinski definition) is 12. The van der Waals surface area contributed by atoms with Crippen molar-refractivity contribution < 1.29 is 89.4 Å². The fraction of sp³-hybridized carbons (Fsp3) is 0.870. The molecule has 73 heavy (non-hydrogen) atoms. The van der Waals surface area contributed by atoms with E-state index in [1.54, 1.807) is 6.08 Å². The predicted molar refractivity (Wildman–Crippen MR) is 272 cm³/mol. The van der Waals surface area contributed by atoms with Gasteiger partial charge in [-0.25, -0.2) is 0 Å². The van der Waals surface area contributed by atoms with Crippen LogP contribution >= 0.6 is 0 Å². The van der Waals surface area contributed by atoms with Crippen molar-refractivity contribution >= 4 is 5.91 Å². The molecule has 3 aliphatic rings. The number of ether oxygens (including phenoxy) is 6. The van der Waals surface area contributed by atoms with Crippen LogP contribution in [0.4, 0.5) is 0 Å². The Labute approximate surface area is 434 Å². The normalized spacial score (nSPS) is 32.0. The Balaban J connectivity index is 1.55. The van der Waals surface area contributed by atoms with Crippen LogP contribution in [0, 0.1) is 0 Å². The lowest BCUT2D eigenvalue weighted by Crippen LogP contribution is -2.66. The number of carbonyl (C=O) groups is 1. The molecule has 17 atom stereocenters. The topological polar surface area (TPSA) is 307 Å². The van der Waals surface area contributed by atoms with Crippen LogP contribution in [0.2, 0.25) is 0 Å². The van der Waals surface area contributed by atoms with E-state index in [4.69, 9.17) is 28.4 Å². The van der Waals surface area contributed by atoms with Gasteiger partial charge in [0.1, 0.15) is 73.2 Å². The number of hydrogen-bond acceptors (Lipinski definition) is 18. The van der Waals surface area contributed by atoms with Gasteiger partial charge in [0.15, 0.2) is 18.9 Å². The molecule has 0 aromatic carbocycles. The number of rotatable bonds is 39. The Morgan fingerprint density at radius 1 is 0.479 bits per heavy atom. The fourth-order valence-corrected chi connectivity index (χ4v) is 9.26. The lowest BCUT2D eigenvalue weighted by Gasteiger charge is -2.48. The van der Waals surface area contributed by atoms with E-state index < -0.39 is 124 Å². The highest BCUT2D eigenvalue weighted by atomic mass is 16.8. The second kappa shape index (κ2) is 38.5. The number of aliphatic hydroxyl groups is 11. The molecule has 0 aromatic rings. The maximum absolute atomic E-state index is 13.2. The largest absolute Gasteiger partial charge is 0.394 e.